The van der Waals surface area contributed by atoms with E-state index < -0.39 is 0 Å². The highest BCUT2D eigenvalue weighted by Crippen LogP contribution is 2.20. The van der Waals surface area contributed by atoms with Crippen molar-refractivity contribution in [3.05, 3.63) is 11.6 Å². The molecule has 0 spiro atoms. The van der Waals surface area contributed by atoms with E-state index in [-0.39, 0.29) is 0 Å². The van der Waals surface area contributed by atoms with Gasteiger partial charge in [-0.1, -0.05) is 19.3 Å². The minimum Gasteiger partial charge on any atom is -0.357 e. The number of nitrogens with one attached hydrogen (secondary N) is 2. The van der Waals surface area contributed by atoms with E-state index in [2.05, 4.69) is 32.3 Å². The van der Waals surface area contributed by atoms with E-state index in [4.69, 9.17) is 4.99 Å². The summed E-state index contributed by atoms with van der Waals surface area (Å²) in [4.78, 5) is 4.86. The monoisotopic (exact) mass is 318 g/mol. The average Bonchev–Trinajstić information content (AvgIpc) is 2.95. The van der Waals surface area contributed by atoms with Crippen molar-refractivity contribution < 1.29 is 0 Å². The summed E-state index contributed by atoms with van der Waals surface area (Å²) in [6.07, 6.45) is 8.80. The number of aliphatic imine (C=N–C) groups is 1. The van der Waals surface area contributed by atoms with Crippen molar-refractivity contribution in [2.24, 2.45) is 10.9 Å². The zero-order chi connectivity index (χ0) is 16.1. The molecule has 1 aliphatic heterocycles. The molecule has 0 aromatic carbocycles. The molecule has 128 valence electrons. The van der Waals surface area contributed by atoms with Crippen molar-refractivity contribution in [2.75, 3.05) is 13.1 Å². The molecule has 23 heavy (non-hydrogen) atoms. The van der Waals surface area contributed by atoms with Gasteiger partial charge in [-0.25, -0.2) is 0 Å². The Kier molecular flexibility index (Phi) is 5.51. The number of hydrogen-bond acceptors (Lipinski definition) is 3. The molecule has 1 aliphatic carbocycles. The molecule has 2 heterocycles. The number of aryl methyl sites for hydroxylation is 2. The maximum Gasteiger partial charge on any atom is 0.191 e. The first-order chi connectivity index (χ1) is 11.3. The molecule has 2 N–H and O–H groups in total. The third kappa shape index (κ3) is 4.24. The normalized spacial score (nSPS) is 22.7. The van der Waals surface area contributed by atoms with Crippen molar-refractivity contribution in [1.82, 2.24) is 25.4 Å². The molecule has 1 saturated carbocycles. The molecule has 0 radical (unpaired) electrons. The van der Waals surface area contributed by atoms with Crippen molar-refractivity contribution in [2.45, 2.75) is 71.4 Å². The molecule has 3 rings (SSSR count). The Labute approximate surface area is 139 Å². The summed E-state index contributed by atoms with van der Waals surface area (Å²) in [5.41, 5.74) is 0. The molecule has 1 aromatic rings. The SMILES string of the molecule is CCNC(=NCC1CCc2nnc(C)n2C1)NC1CCCCC1. The number of aromatic nitrogens is 3. The van der Waals surface area contributed by atoms with Crippen LogP contribution >= 0.6 is 0 Å². The molecular formula is C17H30N6. The van der Waals surface area contributed by atoms with Gasteiger partial charge in [0.25, 0.3) is 0 Å². The molecule has 1 unspecified atom stereocenters. The summed E-state index contributed by atoms with van der Waals surface area (Å²) in [5.74, 6) is 3.74. The van der Waals surface area contributed by atoms with Gasteiger partial charge in [-0.05, 0) is 39.0 Å². The maximum absolute atomic E-state index is 4.86. The van der Waals surface area contributed by atoms with E-state index in [1.807, 2.05) is 6.92 Å². The van der Waals surface area contributed by atoms with Crippen LogP contribution in [0.2, 0.25) is 0 Å². The lowest BCUT2D eigenvalue weighted by atomic mass is 9.96. The van der Waals surface area contributed by atoms with E-state index in [9.17, 15) is 0 Å². The van der Waals surface area contributed by atoms with E-state index in [0.717, 1.165) is 50.1 Å². The summed E-state index contributed by atoms with van der Waals surface area (Å²) in [7, 11) is 0. The Morgan fingerprint density at radius 3 is 2.83 bits per heavy atom. The highest BCUT2D eigenvalue weighted by molar-refractivity contribution is 5.80. The second-order valence-corrected chi connectivity index (χ2v) is 6.88. The summed E-state index contributed by atoms with van der Waals surface area (Å²) in [5, 5.41) is 15.5. The molecule has 1 atom stereocenters. The van der Waals surface area contributed by atoms with Gasteiger partial charge in [0.2, 0.25) is 0 Å². The van der Waals surface area contributed by atoms with Crippen LogP contribution in [0.3, 0.4) is 0 Å². The van der Waals surface area contributed by atoms with Gasteiger partial charge >= 0.3 is 0 Å². The van der Waals surface area contributed by atoms with Crippen molar-refractivity contribution in [1.29, 1.82) is 0 Å². The molecule has 6 heteroatoms. The topological polar surface area (TPSA) is 67.1 Å². The standard InChI is InChI=1S/C17H30N6/c1-3-18-17(20-15-7-5-4-6-8-15)19-11-14-9-10-16-22-21-13(2)23(16)12-14/h14-15H,3-12H2,1-2H3,(H2,18,19,20). The van der Waals surface area contributed by atoms with E-state index in [0.29, 0.717) is 12.0 Å². The predicted molar refractivity (Wildman–Crippen MR) is 92.6 cm³/mol. The third-order valence-corrected chi connectivity index (χ3v) is 5.03. The number of guanidine groups is 1. The summed E-state index contributed by atoms with van der Waals surface area (Å²) >= 11 is 0. The van der Waals surface area contributed by atoms with Crippen LogP contribution in [-0.2, 0) is 13.0 Å². The minimum atomic E-state index is 0.582. The second-order valence-electron chi connectivity index (χ2n) is 6.88. The van der Waals surface area contributed by atoms with Crippen LogP contribution in [-0.4, -0.2) is 39.9 Å². The van der Waals surface area contributed by atoms with E-state index in [1.54, 1.807) is 0 Å². The van der Waals surface area contributed by atoms with Crippen LogP contribution in [0.1, 0.15) is 57.1 Å². The van der Waals surface area contributed by atoms with Gasteiger partial charge in [-0.3, -0.25) is 4.99 Å². The summed E-state index contributed by atoms with van der Waals surface area (Å²) in [6.45, 7) is 6.96. The third-order valence-electron chi connectivity index (χ3n) is 5.03. The molecule has 0 bridgehead atoms. The zero-order valence-corrected chi connectivity index (χ0v) is 14.5. The fourth-order valence-electron chi connectivity index (χ4n) is 3.66. The Hall–Kier alpha value is -1.59. The molecule has 2 aliphatic rings. The van der Waals surface area contributed by atoms with Crippen molar-refractivity contribution in [3.8, 4) is 0 Å². The number of nitrogens with zero attached hydrogens (tertiary/aromatic N) is 4. The fraction of sp³-hybridized carbons (Fsp3) is 0.824. The van der Waals surface area contributed by atoms with Gasteiger partial charge in [0.05, 0.1) is 0 Å². The van der Waals surface area contributed by atoms with Gasteiger partial charge in [0.1, 0.15) is 11.6 Å². The first-order valence-electron chi connectivity index (χ1n) is 9.19. The molecule has 1 aromatic heterocycles. The smallest absolute Gasteiger partial charge is 0.191 e. The first kappa shape index (κ1) is 16.3. The average molecular weight is 318 g/mol. The van der Waals surface area contributed by atoms with Crippen molar-refractivity contribution in [3.63, 3.8) is 0 Å². The van der Waals surface area contributed by atoms with E-state index in [1.165, 1.54) is 32.1 Å². The highest BCUT2D eigenvalue weighted by Gasteiger charge is 2.21. The zero-order valence-electron chi connectivity index (χ0n) is 14.5. The molecular weight excluding hydrogens is 288 g/mol. The number of rotatable bonds is 4. The highest BCUT2D eigenvalue weighted by atomic mass is 15.3. The summed E-state index contributed by atoms with van der Waals surface area (Å²) < 4.78 is 2.26. The lowest BCUT2D eigenvalue weighted by molar-refractivity contribution is 0.368. The lowest BCUT2D eigenvalue weighted by Crippen LogP contribution is -2.44. The van der Waals surface area contributed by atoms with Crippen LogP contribution in [0.5, 0.6) is 0 Å². The Morgan fingerprint density at radius 1 is 1.22 bits per heavy atom. The Balaban J connectivity index is 1.56. The Morgan fingerprint density at radius 2 is 2.04 bits per heavy atom. The second kappa shape index (κ2) is 7.79. The number of hydrogen-bond donors (Lipinski definition) is 2. The van der Waals surface area contributed by atoms with Crippen LogP contribution in [0.15, 0.2) is 4.99 Å². The van der Waals surface area contributed by atoms with Crippen LogP contribution in [0.25, 0.3) is 0 Å². The van der Waals surface area contributed by atoms with E-state index >= 15 is 0 Å². The van der Waals surface area contributed by atoms with Gasteiger partial charge in [-0.15, -0.1) is 10.2 Å². The Bertz CT molecular complexity index is 529. The number of fused-ring (bicyclic) bond motifs is 1. The van der Waals surface area contributed by atoms with Crippen LogP contribution < -0.4 is 10.6 Å². The first-order valence-corrected chi connectivity index (χ1v) is 9.19. The molecule has 6 nitrogen and oxygen atoms in total. The molecule has 1 fully saturated rings. The fourth-order valence-corrected chi connectivity index (χ4v) is 3.66. The lowest BCUT2D eigenvalue weighted by Gasteiger charge is -2.26. The van der Waals surface area contributed by atoms with Gasteiger partial charge in [0, 0.05) is 32.1 Å². The molecule has 0 saturated heterocycles. The van der Waals surface area contributed by atoms with Gasteiger partial charge < -0.3 is 15.2 Å². The van der Waals surface area contributed by atoms with Crippen LogP contribution in [0, 0.1) is 12.8 Å². The van der Waals surface area contributed by atoms with Gasteiger partial charge in [0.15, 0.2) is 5.96 Å². The largest absolute Gasteiger partial charge is 0.357 e. The van der Waals surface area contributed by atoms with Crippen LogP contribution in [0.4, 0.5) is 0 Å². The summed E-state index contributed by atoms with van der Waals surface area (Å²) in [6, 6.07) is 0.597. The van der Waals surface area contributed by atoms with Crippen molar-refractivity contribution >= 4 is 5.96 Å². The minimum absolute atomic E-state index is 0.582. The quantitative estimate of drug-likeness (QED) is 0.658. The van der Waals surface area contributed by atoms with Gasteiger partial charge in [-0.2, -0.15) is 0 Å². The predicted octanol–water partition coefficient (Wildman–Crippen LogP) is 2.04. The maximum atomic E-state index is 4.86. The molecule has 0 amide bonds.